The van der Waals surface area contributed by atoms with E-state index < -0.39 is 26.3 Å². The molecule has 0 aliphatic heterocycles. The molecule has 1 N–H and O–H groups in total. The second-order valence-corrected chi connectivity index (χ2v) is 7.35. The van der Waals surface area contributed by atoms with E-state index in [4.69, 9.17) is 0 Å². The van der Waals surface area contributed by atoms with Gasteiger partial charge in [-0.2, -0.15) is 4.31 Å². The van der Waals surface area contributed by atoms with Crippen LogP contribution in [0, 0.1) is 10.1 Å². The molecule has 0 bridgehead atoms. The molecular weight excluding hydrogens is 296 g/mol. The zero-order valence-electron chi connectivity index (χ0n) is 12.3. The molecule has 0 unspecified atom stereocenters. The Morgan fingerprint density at radius 3 is 2.38 bits per heavy atom. The molecule has 0 aliphatic rings. The van der Waals surface area contributed by atoms with Crippen LogP contribution in [0.4, 0.5) is 5.69 Å². The topological polar surface area (TPSA) is 101 Å². The molecule has 118 valence electrons. The van der Waals surface area contributed by atoms with E-state index in [-0.39, 0.29) is 24.3 Å². The Morgan fingerprint density at radius 1 is 1.33 bits per heavy atom. The van der Waals surface area contributed by atoms with Gasteiger partial charge in [0, 0.05) is 24.7 Å². The molecule has 1 aromatic carbocycles. The average Bonchev–Trinajstić information content (AvgIpc) is 2.34. The van der Waals surface area contributed by atoms with Crippen molar-refractivity contribution in [2.45, 2.75) is 32.1 Å². The SMILES string of the molecule is CCN(CC(C)(C)O)S(=O)(=O)Cc1ccccc1[N+](=O)[O-]. The molecule has 0 radical (unpaired) electrons. The molecular formula is C13H20N2O5S. The van der Waals surface area contributed by atoms with E-state index in [2.05, 4.69) is 0 Å². The lowest BCUT2D eigenvalue weighted by molar-refractivity contribution is -0.385. The van der Waals surface area contributed by atoms with Gasteiger partial charge in [-0.05, 0) is 13.8 Å². The Hall–Kier alpha value is -1.51. The van der Waals surface area contributed by atoms with Gasteiger partial charge in [-0.3, -0.25) is 10.1 Å². The summed E-state index contributed by atoms with van der Waals surface area (Å²) in [6.07, 6.45) is 0. The van der Waals surface area contributed by atoms with E-state index in [1.54, 1.807) is 13.0 Å². The van der Waals surface area contributed by atoms with Gasteiger partial charge in [0.15, 0.2) is 0 Å². The Kier molecular flexibility index (Phi) is 5.43. The molecule has 0 aromatic heterocycles. The molecule has 0 spiro atoms. The van der Waals surface area contributed by atoms with Gasteiger partial charge in [0.25, 0.3) is 5.69 Å². The van der Waals surface area contributed by atoms with Crippen LogP contribution < -0.4 is 0 Å². The number of aliphatic hydroxyl groups is 1. The van der Waals surface area contributed by atoms with Crippen molar-refractivity contribution in [2.24, 2.45) is 0 Å². The summed E-state index contributed by atoms with van der Waals surface area (Å²) in [6.45, 7) is 4.80. The van der Waals surface area contributed by atoms with Crippen LogP contribution in [0.1, 0.15) is 26.3 Å². The van der Waals surface area contributed by atoms with E-state index in [1.165, 1.54) is 32.0 Å². The van der Waals surface area contributed by atoms with Crippen molar-refractivity contribution >= 4 is 15.7 Å². The van der Waals surface area contributed by atoms with Crippen LogP contribution in [0.3, 0.4) is 0 Å². The van der Waals surface area contributed by atoms with E-state index >= 15 is 0 Å². The minimum Gasteiger partial charge on any atom is -0.389 e. The summed E-state index contributed by atoms with van der Waals surface area (Å²) in [5.74, 6) is -0.464. The maximum atomic E-state index is 12.4. The standard InChI is InChI=1S/C13H20N2O5S/c1-4-14(10-13(2,3)16)21(19,20)9-11-7-5-6-8-12(11)15(17)18/h5-8,16H,4,9-10H2,1-3H3. The Balaban J connectivity index is 3.07. The quantitative estimate of drug-likeness (QED) is 0.607. The van der Waals surface area contributed by atoms with Crippen LogP contribution in [-0.4, -0.2) is 41.4 Å². The highest BCUT2D eigenvalue weighted by molar-refractivity contribution is 7.88. The number of hydrogen-bond donors (Lipinski definition) is 1. The fourth-order valence-corrected chi connectivity index (χ4v) is 3.66. The van der Waals surface area contributed by atoms with E-state index in [0.29, 0.717) is 0 Å². The predicted molar refractivity (Wildman–Crippen MR) is 79.3 cm³/mol. The Bertz CT molecular complexity index is 607. The molecule has 8 heteroatoms. The summed E-state index contributed by atoms with van der Waals surface area (Å²) in [6, 6.07) is 5.75. The average molecular weight is 316 g/mol. The normalized spacial score (nSPS) is 12.6. The molecule has 0 heterocycles. The first-order valence-electron chi connectivity index (χ1n) is 6.49. The van der Waals surface area contributed by atoms with Crippen molar-refractivity contribution < 1.29 is 18.4 Å². The third-order valence-corrected chi connectivity index (χ3v) is 4.69. The largest absolute Gasteiger partial charge is 0.389 e. The van der Waals surface area contributed by atoms with Gasteiger partial charge in [0.1, 0.15) is 0 Å². The summed E-state index contributed by atoms with van der Waals surface area (Å²) in [5.41, 5.74) is -1.26. The first-order chi connectivity index (χ1) is 9.57. The van der Waals surface area contributed by atoms with Crippen LogP contribution in [0.5, 0.6) is 0 Å². The van der Waals surface area contributed by atoms with Crippen molar-refractivity contribution in [1.29, 1.82) is 0 Å². The van der Waals surface area contributed by atoms with Crippen LogP contribution >= 0.6 is 0 Å². The first-order valence-corrected chi connectivity index (χ1v) is 8.10. The van der Waals surface area contributed by atoms with E-state index in [1.807, 2.05) is 0 Å². The van der Waals surface area contributed by atoms with E-state index in [9.17, 15) is 23.6 Å². The van der Waals surface area contributed by atoms with Gasteiger partial charge >= 0.3 is 0 Å². The van der Waals surface area contributed by atoms with Crippen LogP contribution in [0.15, 0.2) is 24.3 Å². The minimum absolute atomic E-state index is 0.0630. The number of likely N-dealkylation sites (N-methyl/N-ethyl adjacent to an activating group) is 1. The van der Waals surface area contributed by atoms with Gasteiger partial charge in [0.2, 0.25) is 10.0 Å². The number of rotatable bonds is 7. The molecule has 0 saturated carbocycles. The van der Waals surface area contributed by atoms with Gasteiger partial charge in [-0.1, -0.05) is 25.1 Å². The van der Waals surface area contributed by atoms with Crippen LogP contribution in [-0.2, 0) is 15.8 Å². The fourth-order valence-electron chi connectivity index (χ4n) is 1.94. The second kappa shape index (κ2) is 6.50. The Morgan fingerprint density at radius 2 is 1.90 bits per heavy atom. The monoisotopic (exact) mass is 316 g/mol. The zero-order valence-corrected chi connectivity index (χ0v) is 13.1. The highest BCUT2D eigenvalue weighted by Gasteiger charge is 2.29. The van der Waals surface area contributed by atoms with E-state index in [0.717, 1.165) is 4.31 Å². The van der Waals surface area contributed by atoms with Crippen LogP contribution in [0.25, 0.3) is 0 Å². The molecule has 7 nitrogen and oxygen atoms in total. The molecule has 0 saturated heterocycles. The van der Waals surface area contributed by atoms with Gasteiger partial charge in [0.05, 0.1) is 16.3 Å². The minimum atomic E-state index is -3.75. The lowest BCUT2D eigenvalue weighted by atomic mass is 10.1. The molecule has 0 amide bonds. The molecule has 0 fully saturated rings. The van der Waals surface area contributed by atoms with Crippen LogP contribution in [0.2, 0.25) is 0 Å². The highest BCUT2D eigenvalue weighted by atomic mass is 32.2. The number of nitro groups is 1. The fraction of sp³-hybridized carbons (Fsp3) is 0.538. The summed E-state index contributed by atoms with van der Waals surface area (Å²) in [5, 5.41) is 20.7. The van der Waals surface area contributed by atoms with Crippen molar-refractivity contribution in [2.75, 3.05) is 13.1 Å². The third kappa shape index (κ3) is 5.07. The first kappa shape index (κ1) is 17.5. The van der Waals surface area contributed by atoms with Crippen molar-refractivity contribution in [3.05, 3.63) is 39.9 Å². The Labute approximate surface area is 124 Å². The smallest absolute Gasteiger partial charge is 0.273 e. The summed E-state index contributed by atoms with van der Waals surface area (Å²) in [7, 11) is -3.75. The van der Waals surface area contributed by atoms with Crippen molar-refractivity contribution in [3.63, 3.8) is 0 Å². The third-order valence-electron chi connectivity index (χ3n) is 2.84. The van der Waals surface area contributed by atoms with Crippen molar-refractivity contribution in [1.82, 2.24) is 4.31 Å². The zero-order chi connectivity index (χ0) is 16.3. The summed E-state index contributed by atoms with van der Waals surface area (Å²) < 4.78 is 25.9. The maximum absolute atomic E-state index is 12.4. The van der Waals surface area contributed by atoms with Gasteiger partial charge in [-0.25, -0.2) is 8.42 Å². The molecule has 0 atom stereocenters. The number of hydrogen-bond acceptors (Lipinski definition) is 5. The predicted octanol–water partition coefficient (Wildman–Crippen LogP) is 1.52. The number of para-hydroxylation sites is 1. The number of nitrogens with zero attached hydrogens (tertiary/aromatic N) is 2. The molecule has 0 aliphatic carbocycles. The highest BCUT2D eigenvalue weighted by Crippen LogP contribution is 2.22. The molecule has 21 heavy (non-hydrogen) atoms. The van der Waals surface area contributed by atoms with Gasteiger partial charge < -0.3 is 5.11 Å². The number of nitro benzene ring substituents is 1. The molecule has 1 aromatic rings. The molecule has 1 rings (SSSR count). The second-order valence-electron chi connectivity index (χ2n) is 5.38. The van der Waals surface area contributed by atoms with Gasteiger partial charge in [-0.15, -0.1) is 0 Å². The number of benzene rings is 1. The summed E-state index contributed by atoms with van der Waals surface area (Å²) in [4.78, 5) is 10.3. The van der Waals surface area contributed by atoms with Crippen molar-refractivity contribution in [3.8, 4) is 0 Å². The lowest BCUT2D eigenvalue weighted by Crippen LogP contribution is -2.42. The maximum Gasteiger partial charge on any atom is 0.273 e. The summed E-state index contributed by atoms with van der Waals surface area (Å²) >= 11 is 0. The lowest BCUT2D eigenvalue weighted by Gasteiger charge is -2.27. The number of sulfonamides is 1.